The third-order valence-corrected chi connectivity index (χ3v) is 5.71. The van der Waals surface area contributed by atoms with Crippen LogP contribution in [0.4, 0.5) is 0 Å². The molecule has 1 saturated heterocycles. The van der Waals surface area contributed by atoms with Gasteiger partial charge in [-0.25, -0.2) is 17.5 Å². The number of rotatable bonds is 7. The SMILES string of the molecule is O=C(CCc1ccccc1C(=O)O)NCCN1CCCS1(=O)=O. The van der Waals surface area contributed by atoms with E-state index >= 15 is 0 Å². The first-order chi connectivity index (χ1) is 10.9. The van der Waals surface area contributed by atoms with Crippen molar-refractivity contribution in [2.75, 3.05) is 25.4 Å². The maximum atomic E-state index is 11.8. The lowest BCUT2D eigenvalue weighted by Crippen LogP contribution is -2.35. The number of nitrogens with zero attached hydrogens (tertiary/aromatic N) is 1. The van der Waals surface area contributed by atoms with Crippen molar-refractivity contribution in [2.24, 2.45) is 0 Å². The molecule has 0 bridgehead atoms. The van der Waals surface area contributed by atoms with Crippen molar-refractivity contribution in [3.8, 4) is 0 Å². The molecule has 1 aliphatic rings. The second-order valence-corrected chi connectivity index (χ2v) is 7.47. The Balaban J connectivity index is 1.77. The summed E-state index contributed by atoms with van der Waals surface area (Å²) in [7, 11) is -3.14. The highest BCUT2D eigenvalue weighted by molar-refractivity contribution is 7.89. The first-order valence-corrected chi connectivity index (χ1v) is 9.07. The number of hydrogen-bond donors (Lipinski definition) is 2. The van der Waals surface area contributed by atoms with Crippen LogP contribution in [-0.2, 0) is 21.2 Å². The third kappa shape index (κ3) is 4.77. The molecule has 0 spiro atoms. The molecule has 7 nitrogen and oxygen atoms in total. The maximum absolute atomic E-state index is 11.8. The van der Waals surface area contributed by atoms with Gasteiger partial charge in [-0.15, -0.1) is 0 Å². The normalized spacial score (nSPS) is 17.0. The van der Waals surface area contributed by atoms with Crippen molar-refractivity contribution in [1.82, 2.24) is 9.62 Å². The van der Waals surface area contributed by atoms with Crippen LogP contribution in [0.1, 0.15) is 28.8 Å². The highest BCUT2D eigenvalue weighted by Crippen LogP contribution is 2.12. The monoisotopic (exact) mass is 340 g/mol. The van der Waals surface area contributed by atoms with Gasteiger partial charge in [0.25, 0.3) is 0 Å². The standard InChI is InChI=1S/C15H20N2O5S/c18-14(16-8-10-17-9-3-11-23(17,21)22)7-6-12-4-1-2-5-13(12)15(19)20/h1-2,4-5H,3,6-11H2,(H,16,18)(H,19,20). The van der Waals surface area contributed by atoms with E-state index in [1.807, 2.05) is 0 Å². The van der Waals surface area contributed by atoms with E-state index in [9.17, 15) is 18.0 Å². The number of amides is 1. The average Bonchev–Trinajstić information content (AvgIpc) is 2.84. The van der Waals surface area contributed by atoms with Gasteiger partial charge < -0.3 is 10.4 Å². The second kappa shape index (κ2) is 7.56. The predicted octanol–water partition coefficient (Wildman–Crippen LogP) is 0.469. The lowest BCUT2D eigenvalue weighted by molar-refractivity contribution is -0.121. The topological polar surface area (TPSA) is 104 Å². The minimum absolute atomic E-state index is 0.164. The summed E-state index contributed by atoms with van der Waals surface area (Å²) in [6.07, 6.45) is 1.12. The number of carbonyl (C=O) groups is 2. The molecule has 0 atom stereocenters. The first kappa shape index (κ1) is 17.4. The van der Waals surface area contributed by atoms with Crippen LogP contribution >= 0.6 is 0 Å². The van der Waals surface area contributed by atoms with Gasteiger partial charge in [-0.05, 0) is 24.5 Å². The molecular weight excluding hydrogens is 320 g/mol. The van der Waals surface area contributed by atoms with Gasteiger partial charge in [0.1, 0.15) is 0 Å². The number of aryl methyl sites for hydroxylation is 1. The van der Waals surface area contributed by atoms with Crippen molar-refractivity contribution >= 4 is 21.9 Å². The van der Waals surface area contributed by atoms with Crippen LogP contribution in [0.3, 0.4) is 0 Å². The van der Waals surface area contributed by atoms with Crippen molar-refractivity contribution in [2.45, 2.75) is 19.3 Å². The van der Waals surface area contributed by atoms with Gasteiger partial charge in [0, 0.05) is 26.1 Å². The zero-order valence-corrected chi connectivity index (χ0v) is 13.5. The summed E-state index contributed by atoms with van der Waals surface area (Å²) in [5.74, 6) is -1.06. The number of sulfonamides is 1. The Morgan fingerprint density at radius 1 is 1.26 bits per heavy atom. The molecule has 126 valence electrons. The molecule has 0 radical (unpaired) electrons. The van der Waals surface area contributed by atoms with E-state index in [4.69, 9.17) is 5.11 Å². The van der Waals surface area contributed by atoms with Crippen LogP contribution < -0.4 is 5.32 Å². The van der Waals surface area contributed by atoms with Crippen LogP contribution in [0.2, 0.25) is 0 Å². The molecule has 1 fully saturated rings. The van der Waals surface area contributed by atoms with E-state index in [1.165, 1.54) is 10.4 Å². The van der Waals surface area contributed by atoms with Crippen LogP contribution in [0.25, 0.3) is 0 Å². The van der Waals surface area contributed by atoms with Gasteiger partial charge in [-0.2, -0.15) is 0 Å². The smallest absolute Gasteiger partial charge is 0.335 e. The number of hydrogen-bond acceptors (Lipinski definition) is 4. The van der Waals surface area contributed by atoms with Gasteiger partial charge in [-0.1, -0.05) is 18.2 Å². The number of nitrogens with one attached hydrogen (secondary N) is 1. The molecule has 1 aliphatic heterocycles. The summed E-state index contributed by atoms with van der Waals surface area (Å²) in [4.78, 5) is 22.9. The van der Waals surface area contributed by atoms with E-state index in [2.05, 4.69) is 5.32 Å². The molecule has 2 N–H and O–H groups in total. The van der Waals surface area contributed by atoms with E-state index in [-0.39, 0.29) is 36.7 Å². The van der Waals surface area contributed by atoms with E-state index < -0.39 is 16.0 Å². The van der Waals surface area contributed by atoms with E-state index in [0.29, 0.717) is 24.9 Å². The van der Waals surface area contributed by atoms with Gasteiger partial charge >= 0.3 is 5.97 Å². The molecule has 0 unspecified atom stereocenters. The Hall–Kier alpha value is -1.93. The quantitative estimate of drug-likeness (QED) is 0.751. The highest BCUT2D eigenvalue weighted by Gasteiger charge is 2.27. The van der Waals surface area contributed by atoms with Gasteiger partial charge in [0.2, 0.25) is 15.9 Å². The number of aromatic carboxylic acids is 1. The third-order valence-electron chi connectivity index (χ3n) is 3.76. The molecule has 1 aromatic carbocycles. The fourth-order valence-corrected chi connectivity index (χ4v) is 4.07. The molecular formula is C15H20N2O5S. The van der Waals surface area contributed by atoms with Gasteiger partial charge in [-0.3, -0.25) is 4.79 Å². The number of carboxylic acid groups (broad SMARTS) is 1. The van der Waals surface area contributed by atoms with Crippen LogP contribution in [-0.4, -0.2) is 55.1 Å². The molecule has 1 heterocycles. The van der Waals surface area contributed by atoms with Crippen LogP contribution in [0, 0.1) is 0 Å². The van der Waals surface area contributed by atoms with Crippen molar-refractivity contribution in [3.63, 3.8) is 0 Å². The molecule has 23 heavy (non-hydrogen) atoms. The molecule has 0 saturated carbocycles. The summed E-state index contributed by atoms with van der Waals surface area (Å²) in [6.45, 7) is 1.04. The molecule has 1 aromatic rings. The van der Waals surface area contributed by atoms with Gasteiger partial charge in [0.15, 0.2) is 0 Å². The van der Waals surface area contributed by atoms with E-state index in [0.717, 1.165) is 0 Å². The Morgan fingerprint density at radius 2 is 2.00 bits per heavy atom. The summed E-state index contributed by atoms with van der Waals surface area (Å²) in [5.41, 5.74) is 0.806. The lowest BCUT2D eigenvalue weighted by Gasteiger charge is -2.14. The number of carbonyl (C=O) groups excluding carboxylic acids is 1. The molecule has 2 rings (SSSR count). The van der Waals surface area contributed by atoms with Crippen molar-refractivity contribution in [1.29, 1.82) is 0 Å². The first-order valence-electron chi connectivity index (χ1n) is 7.46. The molecule has 0 aliphatic carbocycles. The molecule has 1 amide bonds. The fourth-order valence-electron chi connectivity index (χ4n) is 2.55. The van der Waals surface area contributed by atoms with Crippen molar-refractivity contribution < 1.29 is 23.1 Å². The fraction of sp³-hybridized carbons (Fsp3) is 0.467. The Morgan fingerprint density at radius 3 is 2.65 bits per heavy atom. The average molecular weight is 340 g/mol. The minimum atomic E-state index is -3.14. The Bertz CT molecular complexity index is 687. The van der Waals surface area contributed by atoms with Crippen LogP contribution in [0.5, 0.6) is 0 Å². The number of benzene rings is 1. The highest BCUT2D eigenvalue weighted by atomic mass is 32.2. The summed E-state index contributed by atoms with van der Waals surface area (Å²) in [5, 5.41) is 11.8. The molecule has 0 aromatic heterocycles. The minimum Gasteiger partial charge on any atom is -0.478 e. The predicted molar refractivity (Wildman–Crippen MR) is 84.7 cm³/mol. The maximum Gasteiger partial charge on any atom is 0.335 e. The summed E-state index contributed by atoms with van der Waals surface area (Å²) in [6, 6.07) is 6.57. The lowest BCUT2D eigenvalue weighted by atomic mass is 10.0. The number of carboxylic acids is 1. The van der Waals surface area contributed by atoms with E-state index in [1.54, 1.807) is 18.2 Å². The Kier molecular flexibility index (Phi) is 5.73. The second-order valence-electron chi connectivity index (χ2n) is 5.38. The van der Waals surface area contributed by atoms with Crippen molar-refractivity contribution in [3.05, 3.63) is 35.4 Å². The summed E-state index contributed by atoms with van der Waals surface area (Å²) < 4.78 is 24.6. The van der Waals surface area contributed by atoms with Crippen LogP contribution in [0.15, 0.2) is 24.3 Å². The Labute approximate surface area is 135 Å². The zero-order chi connectivity index (χ0) is 16.9. The largest absolute Gasteiger partial charge is 0.478 e. The zero-order valence-electron chi connectivity index (χ0n) is 12.7. The van der Waals surface area contributed by atoms with Gasteiger partial charge in [0.05, 0.1) is 11.3 Å². The molecule has 8 heteroatoms. The summed E-state index contributed by atoms with van der Waals surface area (Å²) >= 11 is 0.